The summed E-state index contributed by atoms with van der Waals surface area (Å²) in [7, 11) is 3.11. The second-order valence-electron chi connectivity index (χ2n) is 8.82. The molecule has 1 heterocycles. The molecule has 2 unspecified atom stereocenters. The quantitative estimate of drug-likeness (QED) is 0.456. The van der Waals surface area contributed by atoms with Gasteiger partial charge in [-0.3, -0.25) is 19.3 Å². The van der Waals surface area contributed by atoms with E-state index in [-0.39, 0.29) is 36.0 Å². The van der Waals surface area contributed by atoms with Gasteiger partial charge in [0.2, 0.25) is 17.7 Å². The van der Waals surface area contributed by atoms with Crippen LogP contribution >= 0.6 is 0 Å². The number of benzene rings is 2. The topological polar surface area (TPSA) is 97.9 Å². The maximum Gasteiger partial charge on any atom is 0.416 e. The number of anilines is 1. The zero-order valence-electron chi connectivity index (χ0n) is 20.8. The Kier molecular flexibility index (Phi) is 8.22. The first-order chi connectivity index (χ1) is 17.9. The van der Waals surface area contributed by atoms with Crippen LogP contribution in [0.4, 0.5) is 18.9 Å². The Labute approximate surface area is 217 Å². The van der Waals surface area contributed by atoms with E-state index in [0.717, 1.165) is 23.1 Å². The minimum Gasteiger partial charge on any atom is -0.355 e. The van der Waals surface area contributed by atoms with E-state index in [4.69, 9.17) is 11.8 Å². The van der Waals surface area contributed by atoms with Crippen molar-refractivity contribution in [2.75, 3.05) is 25.5 Å². The van der Waals surface area contributed by atoms with Gasteiger partial charge in [-0.2, -0.15) is 18.4 Å². The van der Waals surface area contributed by atoms with Crippen LogP contribution in [0.1, 0.15) is 36.0 Å². The summed E-state index contributed by atoms with van der Waals surface area (Å²) in [5.41, 5.74) is -0.299. The van der Waals surface area contributed by atoms with Crippen LogP contribution in [0.25, 0.3) is 4.85 Å². The number of carbonyl (C=O) groups is 3. The van der Waals surface area contributed by atoms with Gasteiger partial charge in [0.05, 0.1) is 23.8 Å². The molecule has 3 rings (SSSR count). The first kappa shape index (κ1) is 27.9. The van der Waals surface area contributed by atoms with Crippen molar-refractivity contribution in [1.29, 1.82) is 5.26 Å². The smallest absolute Gasteiger partial charge is 0.355 e. The normalized spacial score (nSPS) is 17.5. The van der Waals surface area contributed by atoms with Crippen molar-refractivity contribution in [2.24, 2.45) is 5.92 Å². The molecule has 0 bridgehead atoms. The molecular formula is C27H24F3N5O3. The standard InChI is InChI=1S/C27H24F3N5O3/c1-16-24(32-2)22(18-10-8-17(15-31)9-11-18)23(25(37)33-13-12-21(36)34(3)4)26(38)35(16)20-7-5-6-19(14-20)27(28,29)30/h5-11,14,22-23H,12-13H2,1,3-4H3,(H,33,37). The molecule has 8 nitrogen and oxygen atoms in total. The number of nitriles is 1. The van der Waals surface area contributed by atoms with Gasteiger partial charge in [0.25, 0.3) is 0 Å². The van der Waals surface area contributed by atoms with E-state index in [2.05, 4.69) is 10.2 Å². The van der Waals surface area contributed by atoms with E-state index in [1.54, 1.807) is 14.1 Å². The van der Waals surface area contributed by atoms with Gasteiger partial charge < -0.3 is 10.2 Å². The van der Waals surface area contributed by atoms with Gasteiger partial charge in [-0.15, -0.1) is 0 Å². The Balaban J connectivity index is 2.12. The van der Waals surface area contributed by atoms with Crippen molar-refractivity contribution in [3.05, 3.63) is 88.0 Å². The van der Waals surface area contributed by atoms with Gasteiger partial charge in [-0.1, -0.05) is 18.2 Å². The highest BCUT2D eigenvalue weighted by Crippen LogP contribution is 2.43. The highest BCUT2D eigenvalue weighted by atomic mass is 19.4. The predicted octanol–water partition coefficient (Wildman–Crippen LogP) is 4.07. The van der Waals surface area contributed by atoms with Crippen molar-refractivity contribution in [3.8, 4) is 6.07 Å². The molecule has 1 aliphatic heterocycles. The monoisotopic (exact) mass is 523 g/mol. The molecule has 38 heavy (non-hydrogen) atoms. The number of nitrogens with one attached hydrogen (secondary N) is 1. The summed E-state index contributed by atoms with van der Waals surface area (Å²) in [4.78, 5) is 45.0. The van der Waals surface area contributed by atoms with Crippen molar-refractivity contribution in [1.82, 2.24) is 10.2 Å². The molecule has 0 spiro atoms. The zero-order valence-corrected chi connectivity index (χ0v) is 20.8. The van der Waals surface area contributed by atoms with Gasteiger partial charge in [0, 0.05) is 44.4 Å². The summed E-state index contributed by atoms with van der Waals surface area (Å²) in [5, 5.41) is 11.7. The molecule has 2 aromatic carbocycles. The molecule has 196 valence electrons. The first-order valence-corrected chi connectivity index (χ1v) is 11.5. The molecule has 0 aliphatic carbocycles. The second-order valence-corrected chi connectivity index (χ2v) is 8.82. The number of halogens is 3. The van der Waals surface area contributed by atoms with Crippen LogP contribution in [0.5, 0.6) is 0 Å². The van der Waals surface area contributed by atoms with Crippen molar-refractivity contribution in [2.45, 2.75) is 25.4 Å². The van der Waals surface area contributed by atoms with Gasteiger partial charge >= 0.3 is 6.18 Å². The van der Waals surface area contributed by atoms with Gasteiger partial charge in [0.1, 0.15) is 5.92 Å². The fraction of sp³-hybridized carbons (Fsp3) is 0.296. The van der Waals surface area contributed by atoms with Crippen LogP contribution in [0.3, 0.4) is 0 Å². The van der Waals surface area contributed by atoms with Crippen LogP contribution in [0.15, 0.2) is 59.9 Å². The summed E-state index contributed by atoms with van der Waals surface area (Å²) in [6.07, 6.45) is -4.71. The molecule has 2 atom stereocenters. The van der Waals surface area contributed by atoms with Crippen LogP contribution in [-0.4, -0.2) is 43.3 Å². The summed E-state index contributed by atoms with van der Waals surface area (Å²) >= 11 is 0. The molecule has 0 fully saturated rings. The molecule has 1 aliphatic rings. The van der Waals surface area contributed by atoms with Crippen molar-refractivity contribution >= 4 is 23.4 Å². The molecule has 0 aromatic heterocycles. The number of allylic oxidation sites excluding steroid dienone is 2. The largest absolute Gasteiger partial charge is 0.416 e. The third-order valence-corrected chi connectivity index (χ3v) is 6.19. The minimum absolute atomic E-state index is 0.00348. The Morgan fingerprint density at radius 2 is 1.84 bits per heavy atom. The average molecular weight is 524 g/mol. The lowest BCUT2D eigenvalue weighted by molar-refractivity contribution is -0.138. The average Bonchev–Trinajstić information content (AvgIpc) is 2.88. The van der Waals surface area contributed by atoms with E-state index in [0.29, 0.717) is 11.1 Å². The third-order valence-electron chi connectivity index (χ3n) is 6.19. The minimum atomic E-state index is -4.67. The lowest BCUT2D eigenvalue weighted by atomic mass is 9.78. The molecule has 11 heteroatoms. The van der Waals surface area contributed by atoms with E-state index in [9.17, 15) is 27.6 Å². The van der Waals surface area contributed by atoms with Crippen molar-refractivity contribution < 1.29 is 27.6 Å². The number of hydrogen-bond acceptors (Lipinski definition) is 4. The SMILES string of the molecule is [C-]#[N+]C1=C(C)N(c2cccc(C(F)(F)F)c2)C(=O)C(C(=O)NCCC(=O)N(C)C)C1c1ccc(C#N)cc1. The molecule has 3 amide bonds. The maximum atomic E-state index is 13.8. The zero-order chi connectivity index (χ0) is 28.2. The highest BCUT2D eigenvalue weighted by molar-refractivity contribution is 6.12. The summed E-state index contributed by atoms with van der Waals surface area (Å²) in [5.74, 6) is -4.42. The number of rotatable bonds is 6. The van der Waals surface area contributed by atoms with Crippen LogP contribution in [0, 0.1) is 23.8 Å². The van der Waals surface area contributed by atoms with Gasteiger partial charge in [-0.05, 0) is 42.8 Å². The third kappa shape index (κ3) is 5.68. The molecule has 2 aromatic rings. The number of alkyl halides is 3. The molecule has 0 saturated carbocycles. The number of hydrogen-bond donors (Lipinski definition) is 1. The highest BCUT2D eigenvalue weighted by Gasteiger charge is 2.47. The first-order valence-electron chi connectivity index (χ1n) is 11.5. The number of amides is 3. The van der Waals surface area contributed by atoms with E-state index in [1.807, 2.05) is 6.07 Å². The Morgan fingerprint density at radius 1 is 1.18 bits per heavy atom. The molecule has 0 saturated heterocycles. The molecular weight excluding hydrogens is 499 g/mol. The second kappa shape index (κ2) is 11.2. The molecule has 0 radical (unpaired) electrons. The maximum absolute atomic E-state index is 13.8. The summed E-state index contributed by atoms with van der Waals surface area (Å²) < 4.78 is 40.2. The van der Waals surface area contributed by atoms with Gasteiger partial charge in [0.15, 0.2) is 5.70 Å². The number of carbonyl (C=O) groups excluding carboxylic acids is 3. The fourth-order valence-corrected chi connectivity index (χ4v) is 4.24. The lowest BCUT2D eigenvalue weighted by Crippen LogP contribution is -2.50. The Morgan fingerprint density at radius 3 is 2.39 bits per heavy atom. The van der Waals surface area contributed by atoms with Gasteiger partial charge in [-0.25, -0.2) is 4.85 Å². The van der Waals surface area contributed by atoms with Crippen LogP contribution < -0.4 is 10.2 Å². The predicted molar refractivity (Wildman–Crippen MR) is 132 cm³/mol. The van der Waals surface area contributed by atoms with Crippen molar-refractivity contribution in [3.63, 3.8) is 0 Å². The van der Waals surface area contributed by atoms with Crippen LogP contribution in [-0.2, 0) is 20.6 Å². The molecule has 1 N–H and O–H groups in total. The lowest BCUT2D eigenvalue weighted by Gasteiger charge is -2.38. The number of nitrogens with zero attached hydrogens (tertiary/aromatic N) is 4. The van der Waals surface area contributed by atoms with E-state index >= 15 is 0 Å². The summed E-state index contributed by atoms with van der Waals surface area (Å²) in [6, 6.07) is 12.1. The Hall–Kier alpha value is -4.64. The summed E-state index contributed by atoms with van der Waals surface area (Å²) in [6.45, 7) is 9.19. The fourth-order valence-electron chi connectivity index (χ4n) is 4.24. The Bertz CT molecular complexity index is 1370. The van der Waals surface area contributed by atoms with E-state index < -0.39 is 35.4 Å². The van der Waals surface area contributed by atoms with Crippen LogP contribution in [0.2, 0.25) is 0 Å². The van der Waals surface area contributed by atoms with E-state index in [1.165, 1.54) is 42.2 Å².